The van der Waals surface area contributed by atoms with Gasteiger partial charge in [0.1, 0.15) is 5.15 Å². The summed E-state index contributed by atoms with van der Waals surface area (Å²) in [6, 6.07) is 2.76. The van der Waals surface area contributed by atoms with Gasteiger partial charge in [0, 0.05) is 19.3 Å². The molecule has 0 fully saturated rings. The van der Waals surface area contributed by atoms with E-state index in [1.807, 2.05) is 0 Å². The minimum Gasteiger partial charge on any atom is -0.244 e. The second-order valence-electron chi connectivity index (χ2n) is 3.06. The fraction of sp³-hybridized carbons (Fsp3) is 0.300. The Morgan fingerprint density at radius 1 is 1.62 bits per heavy atom. The number of sulfonamides is 1. The van der Waals surface area contributed by atoms with Gasteiger partial charge in [-0.2, -0.15) is 4.31 Å². The largest absolute Gasteiger partial charge is 0.244 e. The zero-order chi connectivity index (χ0) is 12.2. The Bertz CT molecular complexity index is 473. The minimum absolute atomic E-state index is 0.149. The van der Waals surface area contributed by atoms with E-state index in [-0.39, 0.29) is 16.6 Å². The van der Waals surface area contributed by atoms with E-state index in [9.17, 15) is 8.42 Å². The van der Waals surface area contributed by atoms with Gasteiger partial charge in [-0.05, 0) is 12.1 Å². The predicted molar refractivity (Wildman–Crippen MR) is 63.9 cm³/mol. The smallest absolute Gasteiger partial charge is 0.243 e. The molecule has 0 aliphatic carbocycles. The van der Waals surface area contributed by atoms with Crippen molar-refractivity contribution >= 4 is 21.6 Å². The van der Waals surface area contributed by atoms with E-state index in [2.05, 4.69) is 11.6 Å². The highest BCUT2D eigenvalue weighted by Crippen LogP contribution is 2.17. The van der Waals surface area contributed by atoms with Gasteiger partial charge >= 0.3 is 0 Å². The first-order valence-electron chi connectivity index (χ1n) is 4.75. The lowest BCUT2D eigenvalue weighted by molar-refractivity contribution is 0.460. The number of likely N-dealkylation sites (N-methyl/N-ethyl adjacent to an activating group) is 1. The monoisotopic (exact) mass is 260 g/mol. The number of hydrogen-bond acceptors (Lipinski definition) is 3. The van der Waals surface area contributed by atoms with Crippen molar-refractivity contribution in [3.63, 3.8) is 0 Å². The maximum atomic E-state index is 12.1. The maximum Gasteiger partial charge on any atom is 0.243 e. The number of aromatic nitrogens is 1. The van der Waals surface area contributed by atoms with E-state index >= 15 is 0 Å². The molecule has 1 rings (SSSR count). The topological polar surface area (TPSA) is 50.3 Å². The first kappa shape index (κ1) is 13.2. The quantitative estimate of drug-likeness (QED) is 0.600. The van der Waals surface area contributed by atoms with Crippen LogP contribution in [0.25, 0.3) is 0 Å². The van der Waals surface area contributed by atoms with Gasteiger partial charge in [0.2, 0.25) is 10.0 Å². The van der Waals surface area contributed by atoms with Crippen LogP contribution in [-0.2, 0) is 10.0 Å². The van der Waals surface area contributed by atoms with Crippen molar-refractivity contribution in [2.24, 2.45) is 0 Å². The molecule has 0 aliphatic heterocycles. The molecule has 0 radical (unpaired) electrons. The van der Waals surface area contributed by atoms with Crippen molar-refractivity contribution < 1.29 is 8.42 Å². The van der Waals surface area contributed by atoms with Gasteiger partial charge in [-0.15, -0.1) is 6.58 Å². The first-order chi connectivity index (χ1) is 7.52. The summed E-state index contributed by atoms with van der Waals surface area (Å²) in [5, 5.41) is 0.163. The molecule has 1 aromatic heterocycles. The molecule has 1 aromatic rings. The number of pyridine rings is 1. The summed E-state index contributed by atoms with van der Waals surface area (Å²) in [6.07, 6.45) is 2.92. The van der Waals surface area contributed by atoms with Gasteiger partial charge in [0.25, 0.3) is 0 Å². The third-order valence-corrected chi connectivity index (χ3v) is 4.16. The second kappa shape index (κ2) is 5.43. The zero-order valence-corrected chi connectivity index (χ0v) is 10.5. The molecule has 0 aliphatic rings. The number of halogens is 1. The molecule has 0 saturated carbocycles. The fourth-order valence-corrected chi connectivity index (χ4v) is 2.91. The van der Waals surface area contributed by atoms with Gasteiger partial charge in [-0.25, -0.2) is 13.4 Å². The van der Waals surface area contributed by atoms with E-state index in [4.69, 9.17) is 11.6 Å². The normalized spacial score (nSPS) is 11.7. The second-order valence-corrected chi connectivity index (χ2v) is 5.38. The van der Waals surface area contributed by atoms with Crippen LogP contribution in [0.1, 0.15) is 6.92 Å². The van der Waals surface area contributed by atoms with Crippen molar-refractivity contribution in [1.29, 1.82) is 0 Å². The Kier molecular flexibility index (Phi) is 4.46. The van der Waals surface area contributed by atoms with Crippen molar-refractivity contribution in [2.75, 3.05) is 13.1 Å². The summed E-state index contributed by atoms with van der Waals surface area (Å²) >= 11 is 5.66. The van der Waals surface area contributed by atoms with Gasteiger partial charge < -0.3 is 0 Å². The van der Waals surface area contributed by atoms with Crippen LogP contribution in [0.2, 0.25) is 5.15 Å². The summed E-state index contributed by atoms with van der Waals surface area (Å²) in [7, 11) is -3.50. The zero-order valence-electron chi connectivity index (χ0n) is 8.93. The third-order valence-electron chi connectivity index (χ3n) is 2.02. The Balaban J connectivity index is 3.14. The molecular weight excluding hydrogens is 248 g/mol. The van der Waals surface area contributed by atoms with E-state index in [0.717, 1.165) is 0 Å². The molecule has 4 nitrogen and oxygen atoms in total. The van der Waals surface area contributed by atoms with Crippen LogP contribution in [0, 0.1) is 0 Å². The maximum absolute atomic E-state index is 12.1. The SMILES string of the molecule is C=CCN(CC)S(=O)(=O)c1ccnc(Cl)c1. The van der Waals surface area contributed by atoms with Crippen LogP contribution in [-0.4, -0.2) is 30.8 Å². The molecule has 0 amide bonds. The van der Waals surface area contributed by atoms with Gasteiger partial charge in [-0.3, -0.25) is 0 Å². The molecule has 0 spiro atoms. The van der Waals surface area contributed by atoms with Crippen LogP contribution >= 0.6 is 11.6 Å². The summed E-state index contributed by atoms with van der Waals surface area (Å²) < 4.78 is 25.5. The molecule has 6 heteroatoms. The van der Waals surface area contributed by atoms with Gasteiger partial charge in [0.05, 0.1) is 4.90 Å². The molecule has 16 heavy (non-hydrogen) atoms. The molecule has 0 atom stereocenters. The summed E-state index contributed by atoms with van der Waals surface area (Å²) in [4.78, 5) is 3.90. The molecule has 88 valence electrons. The van der Waals surface area contributed by atoms with Crippen molar-refractivity contribution in [1.82, 2.24) is 9.29 Å². The third kappa shape index (κ3) is 2.81. The standard InChI is InChI=1S/C10H13ClN2O2S/c1-3-7-13(4-2)16(14,15)9-5-6-12-10(11)8-9/h3,5-6,8H,1,4,7H2,2H3. The van der Waals surface area contributed by atoms with E-state index < -0.39 is 10.0 Å². The lowest BCUT2D eigenvalue weighted by atomic mass is 10.5. The number of hydrogen-bond donors (Lipinski definition) is 0. The lowest BCUT2D eigenvalue weighted by Gasteiger charge is -2.18. The molecule has 0 saturated heterocycles. The number of nitrogens with zero attached hydrogens (tertiary/aromatic N) is 2. The van der Waals surface area contributed by atoms with E-state index in [1.54, 1.807) is 13.0 Å². The fourth-order valence-electron chi connectivity index (χ4n) is 1.24. The highest BCUT2D eigenvalue weighted by molar-refractivity contribution is 7.89. The highest BCUT2D eigenvalue weighted by Gasteiger charge is 2.22. The summed E-state index contributed by atoms with van der Waals surface area (Å²) in [5.74, 6) is 0. The van der Waals surface area contributed by atoms with Crippen LogP contribution in [0.3, 0.4) is 0 Å². The van der Waals surface area contributed by atoms with Crippen molar-refractivity contribution in [2.45, 2.75) is 11.8 Å². The van der Waals surface area contributed by atoms with Gasteiger partial charge in [0.15, 0.2) is 0 Å². The average molecular weight is 261 g/mol. The molecular formula is C10H13ClN2O2S. The van der Waals surface area contributed by atoms with Gasteiger partial charge in [-0.1, -0.05) is 24.6 Å². The molecule has 0 aromatic carbocycles. The number of rotatable bonds is 5. The molecule has 1 heterocycles. The predicted octanol–water partition coefficient (Wildman–Crippen LogP) is 1.93. The Morgan fingerprint density at radius 3 is 2.81 bits per heavy atom. The lowest BCUT2D eigenvalue weighted by Crippen LogP contribution is -2.31. The van der Waals surface area contributed by atoms with Crippen LogP contribution in [0.4, 0.5) is 0 Å². The minimum atomic E-state index is -3.50. The average Bonchev–Trinajstić information content (AvgIpc) is 2.25. The van der Waals surface area contributed by atoms with Crippen molar-refractivity contribution in [3.8, 4) is 0 Å². The molecule has 0 bridgehead atoms. The van der Waals surface area contributed by atoms with E-state index in [1.165, 1.54) is 22.6 Å². The molecule has 0 N–H and O–H groups in total. The van der Waals surface area contributed by atoms with E-state index in [0.29, 0.717) is 6.54 Å². The Morgan fingerprint density at radius 2 is 2.31 bits per heavy atom. The van der Waals surface area contributed by atoms with Crippen LogP contribution < -0.4 is 0 Å². The Hall–Kier alpha value is -0.910. The van der Waals surface area contributed by atoms with Crippen molar-refractivity contribution in [3.05, 3.63) is 36.1 Å². The summed E-state index contributed by atoms with van der Waals surface area (Å²) in [6.45, 7) is 5.96. The molecule has 0 unspecified atom stereocenters. The summed E-state index contributed by atoms with van der Waals surface area (Å²) in [5.41, 5.74) is 0. The van der Waals surface area contributed by atoms with Crippen LogP contribution in [0.5, 0.6) is 0 Å². The highest BCUT2D eigenvalue weighted by atomic mass is 35.5. The Labute approximate surface area is 101 Å². The first-order valence-corrected chi connectivity index (χ1v) is 6.56. The van der Waals surface area contributed by atoms with Crippen LogP contribution in [0.15, 0.2) is 35.9 Å².